The first-order valence-corrected chi connectivity index (χ1v) is 9.82. The number of urea groups is 1. The lowest BCUT2D eigenvalue weighted by Gasteiger charge is -2.30. The highest BCUT2D eigenvalue weighted by atomic mass is 32.2. The van der Waals surface area contributed by atoms with Crippen molar-refractivity contribution in [1.29, 1.82) is 0 Å². The molecule has 0 radical (unpaired) electrons. The Morgan fingerprint density at radius 2 is 1.76 bits per heavy atom. The van der Waals surface area contributed by atoms with Crippen LogP contribution in [0.5, 0.6) is 11.5 Å². The molecule has 1 N–H and O–H groups in total. The highest BCUT2D eigenvalue weighted by Crippen LogP contribution is 2.24. The molecule has 2 amide bonds. The predicted molar refractivity (Wildman–Crippen MR) is 101 cm³/mol. The monoisotopic (exact) mass is 358 g/mol. The molecular weight excluding hydrogens is 336 g/mol. The van der Waals surface area contributed by atoms with E-state index in [0.29, 0.717) is 22.9 Å². The summed E-state index contributed by atoms with van der Waals surface area (Å²) in [5.74, 6) is 2.75. The number of hydrogen-bond acceptors (Lipinski definition) is 3. The zero-order valence-electron chi connectivity index (χ0n) is 14.2. The van der Waals surface area contributed by atoms with Gasteiger partial charge in [-0.2, -0.15) is 0 Å². The van der Waals surface area contributed by atoms with Crippen LogP contribution in [0.25, 0.3) is 0 Å². The summed E-state index contributed by atoms with van der Waals surface area (Å²) in [6.45, 7) is 0. The molecule has 6 heteroatoms. The normalized spacial score (nSPS) is 19.9. The van der Waals surface area contributed by atoms with Crippen molar-refractivity contribution in [2.24, 2.45) is 0 Å². The van der Waals surface area contributed by atoms with Crippen molar-refractivity contribution in [2.45, 2.75) is 18.9 Å². The van der Waals surface area contributed by atoms with Gasteiger partial charge in [-0.3, -0.25) is 4.21 Å². The van der Waals surface area contributed by atoms with E-state index in [1.807, 2.05) is 48.5 Å². The van der Waals surface area contributed by atoms with Crippen LogP contribution in [0.1, 0.15) is 12.8 Å². The van der Waals surface area contributed by atoms with Crippen LogP contribution in [0, 0.1) is 0 Å². The predicted octanol–water partition coefficient (Wildman–Crippen LogP) is 3.85. The molecule has 3 rings (SSSR count). The summed E-state index contributed by atoms with van der Waals surface area (Å²) in [4.78, 5) is 14.2. The molecule has 0 saturated carbocycles. The van der Waals surface area contributed by atoms with Gasteiger partial charge in [0.25, 0.3) is 0 Å². The third-order valence-electron chi connectivity index (χ3n) is 4.29. The molecule has 132 valence electrons. The molecule has 1 aliphatic heterocycles. The van der Waals surface area contributed by atoms with Crippen LogP contribution in [-0.4, -0.2) is 39.7 Å². The van der Waals surface area contributed by atoms with E-state index < -0.39 is 10.8 Å². The Morgan fingerprint density at radius 3 is 2.48 bits per heavy atom. The van der Waals surface area contributed by atoms with Gasteiger partial charge < -0.3 is 15.0 Å². The third-order valence-corrected chi connectivity index (χ3v) is 5.67. The smallest absolute Gasteiger partial charge is 0.321 e. The Morgan fingerprint density at radius 1 is 1.08 bits per heavy atom. The van der Waals surface area contributed by atoms with E-state index in [1.54, 1.807) is 18.0 Å². The number of amides is 2. The molecule has 2 aromatic rings. The minimum atomic E-state index is -0.726. The Labute approximate surface area is 150 Å². The molecule has 0 aliphatic carbocycles. The van der Waals surface area contributed by atoms with E-state index in [4.69, 9.17) is 4.74 Å². The second-order valence-electron chi connectivity index (χ2n) is 6.06. The maximum Gasteiger partial charge on any atom is 0.321 e. The second-order valence-corrected chi connectivity index (χ2v) is 7.76. The van der Waals surface area contributed by atoms with E-state index in [2.05, 4.69) is 5.32 Å². The van der Waals surface area contributed by atoms with Crippen molar-refractivity contribution < 1.29 is 13.7 Å². The number of ether oxygens (including phenoxy) is 1. The van der Waals surface area contributed by atoms with Crippen LogP contribution in [0.15, 0.2) is 54.6 Å². The summed E-state index contributed by atoms with van der Waals surface area (Å²) >= 11 is 0. The van der Waals surface area contributed by atoms with Gasteiger partial charge in [-0.25, -0.2) is 4.79 Å². The number of benzene rings is 2. The molecule has 1 aliphatic rings. The molecule has 1 saturated heterocycles. The number of hydrogen-bond donors (Lipinski definition) is 1. The average Bonchev–Trinajstić information content (AvgIpc) is 2.63. The fraction of sp³-hybridized carbons (Fsp3) is 0.316. The number of carbonyl (C=O) groups is 1. The van der Waals surface area contributed by atoms with E-state index in [9.17, 15) is 9.00 Å². The Bertz CT molecular complexity index is 741. The Kier molecular flexibility index (Phi) is 5.71. The average molecular weight is 358 g/mol. The number of carbonyl (C=O) groups excluding carboxylic acids is 1. The molecule has 1 heterocycles. The van der Waals surface area contributed by atoms with Crippen molar-refractivity contribution >= 4 is 22.5 Å². The van der Waals surface area contributed by atoms with Crippen molar-refractivity contribution in [3.8, 4) is 11.5 Å². The summed E-state index contributed by atoms with van der Waals surface area (Å²) in [5, 5.41) is 2.91. The van der Waals surface area contributed by atoms with Gasteiger partial charge >= 0.3 is 6.03 Å². The van der Waals surface area contributed by atoms with E-state index in [0.717, 1.165) is 18.6 Å². The highest BCUT2D eigenvalue weighted by molar-refractivity contribution is 7.85. The molecule has 5 nitrogen and oxygen atoms in total. The standard InChI is InChI=1S/C19H22N2O3S/c1-21(16-10-12-25(23)13-11-16)19(22)20-15-6-5-9-18(14-15)24-17-7-3-2-4-8-17/h2-9,14,16H,10-13H2,1H3,(H,20,22). The molecule has 25 heavy (non-hydrogen) atoms. The van der Waals surface area contributed by atoms with Crippen LogP contribution >= 0.6 is 0 Å². The second kappa shape index (κ2) is 8.16. The van der Waals surface area contributed by atoms with Crippen molar-refractivity contribution in [1.82, 2.24) is 4.90 Å². The van der Waals surface area contributed by atoms with Gasteiger partial charge in [0, 0.05) is 47.1 Å². The summed E-state index contributed by atoms with van der Waals surface area (Å²) in [7, 11) is 1.06. The first-order valence-electron chi connectivity index (χ1n) is 8.33. The number of rotatable bonds is 4. The summed E-state index contributed by atoms with van der Waals surface area (Å²) in [5.41, 5.74) is 0.685. The summed E-state index contributed by atoms with van der Waals surface area (Å²) in [6, 6.07) is 16.8. The van der Waals surface area contributed by atoms with Gasteiger partial charge in [0.1, 0.15) is 11.5 Å². The van der Waals surface area contributed by atoms with Gasteiger partial charge in [0.2, 0.25) is 0 Å². The molecule has 0 atom stereocenters. The van der Waals surface area contributed by atoms with Gasteiger partial charge in [-0.15, -0.1) is 0 Å². The number of nitrogens with one attached hydrogen (secondary N) is 1. The van der Waals surface area contributed by atoms with Crippen molar-refractivity contribution in [3.05, 3.63) is 54.6 Å². The summed E-state index contributed by atoms with van der Waals surface area (Å²) in [6.07, 6.45) is 1.57. The van der Waals surface area contributed by atoms with Crippen LogP contribution in [-0.2, 0) is 10.8 Å². The SMILES string of the molecule is CN(C(=O)Nc1cccc(Oc2ccccc2)c1)C1CCS(=O)CC1. The van der Waals surface area contributed by atoms with Crippen LogP contribution < -0.4 is 10.1 Å². The molecule has 0 unspecified atom stereocenters. The lowest BCUT2D eigenvalue weighted by Crippen LogP contribution is -2.43. The van der Waals surface area contributed by atoms with E-state index in [-0.39, 0.29) is 12.1 Å². The first kappa shape index (κ1) is 17.5. The largest absolute Gasteiger partial charge is 0.457 e. The van der Waals surface area contributed by atoms with Crippen LogP contribution in [0.4, 0.5) is 10.5 Å². The molecule has 2 aromatic carbocycles. The number of anilines is 1. The van der Waals surface area contributed by atoms with Crippen LogP contribution in [0.3, 0.4) is 0 Å². The lowest BCUT2D eigenvalue weighted by molar-refractivity contribution is 0.199. The molecule has 0 bridgehead atoms. The lowest BCUT2D eigenvalue weighted by atomic mass is 10.1. The fourth-order valence-corrected chi connectivity index (χ4v) is 4.08. The maximum absolute atomic E-state index is 12.5. The number of nitrogens with zero attached hydrogens (tertiary/aromatic N) is 1. The quantitative estimate of drug-likeness (QED) is 0.903. The molecule has 1 fully saturated rings. The summed E-state index contributed by atoms with van der Waals surface area (Å²) < 4.78 is 17.2. The maximum atomic E-state index is 12.5. The Balaban J connectivity index is 1.61. The van der Waals surface area contributed by atoms with Gasteiger partial charge in [-0.05, 0) is 37.1 Å². The zero-order valence-corrected chi connectivity index (χ0v) is 15.0. The highest BCUT2D eigenvalue weighted by Gasteiger charge is 2.24. The first-order chi connectivity index (χ1) is 12.1. The minimum Gasteiger partial charge on any atom is -0.457 e. The van der Waals surface area contributed by atoms with Gasteiger partial charge in [0.15, 0.2) is 0 Å². The van der Waals surface area contributed by atoms with E-state index >= 15 is 0 Å². The number of para-hydroxylation sites is 1. The Hall–Kier alpha value is -2.34. The zero-order chi connectivity index (χ0) is 17.6. The van der Waals surface area contributed by atoms with Gasteiger partial charge in [0.05, 0.1) is 0 Å². The van der Waals surface area contributed by atoms with E-state index in [1.165, 1.54) is 0 Å². The minimum absolute atomic E-state index is 0.140. The molecule has 0 aromatic heterocycles. The van der Waals surface area contributed by atoms with Crippen LogP contribution in [0.2, 0.25) is 0 Å². The molecular formula is C19H22N2O3S. The molecule has 0 spiro atoms. The van der Waals surface area contributed by atoms with Crippen molar-refractivity contribution in [2.75, 3.05) is 23.9 Å². The topological polar surface area (TPSA) is 58.6 Å². The third kappa shape index (κ3) is 4.82. The van der Waals surface area contributed by atoms with Crippen molar-refractivity contribution in [3.63, 3.8) is 0 Å². The fourth-order valence-electron chi connectivity index (χ4n) is 2.81. The van der Waals surface area contributed by atoms with Gasteiger partial charge in [-0.1, -0.05) is 24.3 Å².